The molecule has 104 valence electrons. The predicted octanol–water partition coefficient (Wildman–Crippen LogP) is 1.30. The molecule has 1 aromatic rings. The van der Waals surface area contributed by atoms with Crippen LogP contribution in [0.5, 0.6) is 0 Å². The molecule has 3 heterocycles. The number of pyridine rings is 1. The van der Waals surface area contributed by atoms with Crippen molar-refractivity contribution >= 4 is 5.82 Å². The van der Waals surface area contributed by atoms with E-state index >= 15 is 0 Å². The SMILES string of the molecule is CCN1CCN(C2CCN(c3ccccn3)C2)CC1. The number of piperazine rings is 1. The predicted molar refractivity (Wildman–Crippen MR) is 78.5 cm³/mol. The van der Waals surface area contributed by atoms with Crippen molar-refractivity contribution < 1.29 is 0 Å². The van der Waals surface area contributed by atoms with E-state index in [0.29, 0.717) is 0 Å². The topological polar surface area (TPSA) is 22.6 Å². The van der Waals surface area contributed by atoms with E-state index in [4.69, 9.17) is 0 Å². The van der Waals surface area contributed by atoms with E-state index in [9.17, 15) is 0 Å². The van der Waals surface area contributed by atoms with Gasteiger partial charge in [-0.05, 0) is 25.1 Å². The van der Waals surface area contributed by atoms with E-state index in [1.54, 1.807) is 0 Å². The van der Waals surface area contributed by atoms with Crippen molar-refractivity contribution in [3.63, 3.8) is 0 Å². The molecule has 2 aliphatic rings. The van der Waals surface area contributed by atoms with Gasteiger partial charge in [0.1, 0.15) is 5.82 Å². The van der Waals surface area contributed by atoms with E-state index in [0.717, 1.165) is 24.9 Å². The van der Waals surface area contributed by atoms with Gasteiger partial charge in [0.05, 0.1) is 0 Å². The highest BCUT2D eigenvalue weighted by molar-refractivity contribution is 5.39. The minimum atomic E-state index is 0.723. The second kappa shape index (κ2) is 5.88. The number of hydrogen-bond acceptors (Lipinski definition) is 4. The lowest BCUT2D eigenvalue weighted by Crippen LogP contribution is -2.50. The summed E-state index contributed by atoms with van der Waals surface area (Å²) in [6, 6.07) is 6.91. The second-order valence-electron chi connectivity index (χ2n) is 5.55. The van der Waals surface area contributed by atoms with Crippen molar-refractivity contribution in [3.8, 4) is 0 Å². The van der Waals surface area contributed by atoms with Gasteiger partial charge in [-0.15, -0.1) is 0 Å². The van der Waals surface area contributed by atoms with Crippen LogP contribution in [0.15, 0.2) is 24.4 Å². The van der Waals surface area contributed by atoms with E-state index in [2.05, 4.69) is 38.7 Å². The normalized spacial score (nSPS) is 25.9. The molecule has 1 unspecified atom stereocenters. The van der Waals surface area contributed by atoms with Gasteiger partial charge >= 0.3 is 0 Å². The maximum absolute atomic E-state index is 4.46. The molecule has 2 aliphatic heterocycles. The summed E-state index contributed by atoms with van der Waals surface area (Å²) in [5, 5.41) is 0. The summed E-state index contributed by atoms with van der Waals surface area (Å²) in [6.45, 7) is 10.7. The summed E-state index contributed by atoms with van der Waals surface area (Å²) in [5.41, 5.74) is 0. The zero-order chi connectivity index (χ0) is 13.1. The van der Waals surface area contributed by atoms with Crippen LogP contribution in [0.3, 0.4) is 0 Å². The van der Waals surface area contributed by atoms with E-state index in [-0.39, 0.29) is 0 Å². The lowest BCUT2D eigenvalue weighted by molar-refractivity contribution is 0.107. The van der Waals surface area contributed by atoms with E-state index in [1.807, 2.05) is 12.3 Å². The maximum atomic E-state index is 4.46. The minimum absolute atomic E-state index is 0.723. The lowest BCUT2D eigenvalue weighted by atomic mass is 10.2. The van der Waals surface area contributed by atoms with Crippen LogP contribution in [-0.2, 0) is 0 Å². The average molecular weight is 260 g/mol. The molecule has 0 saturated carbocycles. The lowest BCUT2D eigenvalue weighted by Gasteiger charge is -2.37. The molecule has 2 fully saturated rings. The van der Waals surface area contributed by atoms with Crippen molar-refractivity contribution in [1.82, 2.24) is 14.8 Å². The van der Waals surface area contributed by atoms with Crippen LogP contribution in [-0.4, -0.2) is 66.6 Å². The molecule has 0 bridgehead atoms. The molecule has 0 radical (unpaired) electrons. The molecule has 19 heavy (non-hydrogen) atoms. The monoisotopic (exact) mass is 260 g/mol. The van der Waals surface area contributed by atoms with Crippen molar-refractivity contribution in [2.45, 2.75) is 19.4 Å². The summed E-state index contributed by atoms with van der Waals surface area (Å²) in [5.74, 6) is 1.14. The molecule has 2 saturated heterocycles. The largest absolute Gasteiger partial charge is 0.355 e. The van der Waals surface area contributed by atoms with Gasteiger partial charge in [0.2, 0.25) is 0 Å². The standard InChI is InChI=1S/C15H24N4/c1-2-17-9-11-18(12-10-17)14-6-8-19(13-14)15-5-3-4-7-16-15/h3-5,7,14H,2,6,8-13H2,1H3. The van der Waals surface area contributed by atoms with Gasteiger partial charge in [0.15, 0.2) is 0 Å². The van der Waals surface area contributed by atoms with Crippen LogP contribution >= 0.6 is 0 Å². The zero-order valence-corrected chi connectivity index (χ0v) is 11.8. The maximum Gasteiger partial charge on any atom is 0.128 e. The molecular weight excluding hydrogens is 236 g/mol. The van der Waals surface area contributed by atoms with Crippen molar-refractivity contribution in [3.05, 3.63) is 24.4 Å². The first-order valence-corrected chi connectivity index (χ1v) is 7.49. The van der Waals surface area contributed by atoms with Crippen LogP contribution in [0, 0.1) is 0 Å². The number of hydrogen-bond donors (Lipinski definition) is 0. The van der Waals surface area contributed by atoms with Crippen LogP contribution in [0.25, 0.3) is 0 Å². The van der Waals surface area contributed by atoms with Crippen molar-refractivity contribution in [2.75, 3.05) is 50.7 Å². The minimum Gasteiger partial charge on any atom is -0.355 e. The molecule has 1 atom stereocenters. The van der Waals surface area contributed by atoms with Crippen LogP contribution < -0.4 is 4.90 Å². The molecule has 4 nitrogen and oxygen atoms in total. The zero-order valence-electron chi connectivity index (χ0n) is 11.8. The molecule has 0 spiro atoms. The van der Waals surface area contributed by atoms with Gasteiger partial charge in [0.25, 0.3) is 0 Å². The third-order valence-corrected chi connectivity index (χ3v) is 4.51. The Morgan fingerprint density at radius 3 is 2.68 bits per heavy atom. The molecule has 0 amide bonds. The molecular formula is C15H24N4. The summed E-state index contributed by atoms with van der Waals surface area (Å²) < 4.78 is 0. The fraction of sp³-hybridized carbons (Fsp3) is 0.667. The summed E-state index contributed by atoms with van der Waals surface area (Å²) >= 11 is 0. The van der Waals surface area contributed by atoms with Gasteiger partial charge in [-0.25, -0.2) is 4.98 Å². The summed E-state index contributed by atoms with van der Waals surface area (Å²) in [4.78, 5) is 12.1. The third kappa shape index (κ3) is 2.90. The average Bonchev–Trinajstić information content (AvgIpc) is 2.98. The van der Waals surface area contributed by atoms with Gasteiger partial charge < -0.3 is 9.80 Å². The second-order valence-corrected chi connectivity index (χ2v) is 5.55. The van der Waals surface area contributed by atoms with Crippen molar-refractivity contribution in [2.24, 2.45) is 0 Å². The highest BCUT2D eigenvalue weighted by Gasteiger charge is 2.30. The fourth-order valence-corrected chi connectivity index (χ4v) is 3.23. The first-order valence-electron chi connectivity index (χ1n) is 7.49. The smallest absolute Gasteiger partial charge is 0.128 e. The Labute approximate surface area is 116 Å². The summed E-state index contributed by atoms with van der Waals surface area (Å²) in [6.07, 6.45) is 3.17. The Kier molecular flexibility index (Phi) is 3.99. The van der Waals surface area contributed by atoms with Crippen LogP contribution in [0.2, 0.25) is 0 Å². The Bertz CT molecular complexity index is 386. The number of rotatable bonds is 3. The van der Waals surface area contributed by atoms with Gasteiger partial charge in [-0.3, -0.25) is 4.90 Å². The highest BCUT2D eigenvalue weighted by atomic mass is 15.3. The summed E-state index contributed by atoms with van der Waals surface area (Å²) in [7, 11) is 0. The highest BCUT2D eigenvalue weighted by Crippen LogP contribution is 2.21. The van der Waals surface area contributed by atoms with Gasteiger partial charge in [0, 0.05) is 51.5 Å². The number of anilines is 1. The molecule has 0 aromatic carbocycles. The Morgan fingerprint density at radius 1 is 1.16 bits per heavy atom. The van der Waals surface area contributed by atoms with Crippen LogP contribution in [0.4, 0.5) is 5.82 Å². The molecule has 4 heteroatoms. The molecule has 3 rings (SSSR count). The number of likely N-dealkylation sites (N-methyl/N-ethyl adjacent to an activating group) is 1. The number of aromatic nitrogens is 1. The van der Waals surface area contributed by atoms with E-state index in [1.165, 1.54) is 39.1 Å². The molecule has 0 N–H and O–H groups in total. The van der Waals surface area contributed by atoms with Crippen molar-refractivity contribution in [1.29, 1.82) is 0 Å². The molecule has 1 aromatic heterocycles. The fourth-order valence-electron chi connectivity index (χ4n) is 3.23. The van der Waals surface area contributed by atoms with Gasteiger partial charge in [-0.2, -0.15) is 0 Å². The number of nitrogens with zero attached hydrogens (tertiary/aromatic N) is 4. The van der Waals surface area contributed by atoms with Gasteiger partial charge in [-0.1, -0.05) is 13.0 Å². The Balaban J connectivity index is 1.55. The Hall–Kier alpha value is -1.13. The first-order chi connectivity index (χ1) is 9.36. The van der Waals surface area contributed by atoms with Crippen LogP contribution in [0.1, 0.15) is 13.3 Å². The quantitative estimate of drug-likeness (QED) is 0.817. The Morgan fingerprint density at radius 2 is 2.00 bits per heavy atom. The van der Waals surface area contributed by atoms with E-state index < -0.39 is 0 Å². The third-order valence-electron chi connectivity index (χ3n) is 4.51. The first kappa shape index (κ1) is 12.9. The molecule has 0 aliphatic carbocycles.